The number of benzene rings is 6. The van der Waals surface area contributed by atoms with Gasteiger partial charge in [-0.1, -0.05) is 158 Å². The normalized spacial score (nSPS) is 13.5. The van der Waals surface area contributed by atoms with Crippen LogP contribution in [0.5, 0.6) is 11.5 Å². The Labute approximate surface area is 305 Å². The Balaban J connectivity index is 1.56. The van der Waals surface area contributed by atoms with Crippen LogP contribution in [0.4, 0.5) is 0 Å². The molecule has 256 valence electrons. The molecule has 0 saturated carbocycles. The number of nitrogens with one attached hydrogen (secondary N) is 1. The van der Waals surface area contributed by atoms with Crippen molar-refractivity contribution in [2.45, 2.75) is 19.5 Å². The SMILES string of the molecule is CCOc1ccccc1C1(c2ccccc2OCC)NC(c2ccccc2)=C(c2ccccc2)N1n1cnc(-c2ccccc2)c1-c1ccccc1. The van der Waals surface area contributed by atoms with Gasteiger partial charge in [0.05, 0.1) is 36.0 Å². The Kier molecular flexibility index (Phi) is 9.03. The number of aromatic nitrogens is 2. The van der Waals surface area contributed by atoms with Crippen LogP contribution in [0.25, 0.3) is 33.9 Å². The van der Waals surface area contributed by atoms with Gasteiger partial charge in [-0.3, -0.25) is 0 Å². The zero-order chi connectivity index (χ0) is 35.3. The van der Waals surface area contributed by atoms with Gasteiger partial charge in [0.2, 0.25) is 0 Å². The lowest BCUT2D eigenvalue weighted by Crippen LogP contribution is -2.55. The van der Waals surface area contributed by atoms with Gasteiger partial charge in [-0.2, -0.15) is 0 Å². The molecular formula is C46H40N4O2. The van der Waals surface area contributed by atoms with E-state index in [0.717, 1.165) is 67.7 Å². The Morgan fingerprint density at radius 2 is 0.962 bits per heavy atom. The molecule has 0 atom stereocenters. The smallest absolute Gasteiger partial charge is 0.190 e. The predicted octanol–water partition coefficient (Wildman–Crippen LogP) is 9.98. The summed E-state index contributed by atoms with van der Waals surface area (Å²) in [5, 5.41) is 6.54. The van der Waals surface area contributed by atoms with Crippen molar-refractivity contribution in [3.63, 3.8) is 0 Å². The minimum atomic E-state index is -1.11. The third-order valence-corrected chi connectivity index (χ3v) is 9.39. The number of imidazole rings is 1. The Bertz CT molecular complexity index is 2250. The molecule has 0 bridgehead atoms. The van der Waals surface area contributed by atoms with Crippen molar-refractivity contribution in [2.24, 2.45) is 0 Å². The topological polar surface area (TPSA) is 51.6 Å². The molecule has 6 aromatic carbocycles. The lowest BCUT2D eigenvalue weighted by molar-refractivity contribution is 0.305. The van der Waals surface area contributed by atoms with Crippen LogP contribution >= 0.6 is 0 Å². The Hall–Kier alpha value is -6.53. The third kappa shape index (κ3) is 5.68. The lowest BCUT2D eigenvalue weighted by atomic mass is 9.88. The van der Waals surface area contributed by atoms with Crippen LogP contribution in [-0.4, -0.2) is 22.9 Å². The van der Waals surface area contributed by atoms with Crippen LogP contribution in [0.15, 0.2) is 176 Å². The monoisotopic (exact) mass is 680 g/mol. The second-order valence-corrected chi connectivity index (χ2v) is 12.5. The molecule has 0 spiro atoms. The summed E-state index contributed by atoms with van der Waals surface area (Å²) in [4.78, 5) is 5.21. The minimum Gasteiger partial charge on any atom is -0.493 e. The molecule has 8 rings (SSSR count). The molecule has 6 nitrogen and oxygen atoms in total. The number of rotatable bonds is 11. The first kappa shape index (κ1) is 32.7. The first-order chi connectivity index (χ1) is 25.7. The molecule has 6 heteroatoms. The van der Waals surface area contributed by atoms with Crippen LogP contribution in [0.2, 0.25) is 0 Å². The second-order valence-electron chi connectivity index (χ2n) is 12.5. The van der Waals surface area contributed by atoms with Gasteiger partial charge in [0.25, 0.3) is 0 Å². The highest BCUT2D eigenvalue weighted by Gasteiger charge is 2.53. The summed E-state index contributed by atoms with van der Waals surface area (Å²) in [7, 11) is 0. The Morgan fingerprint density at radius 3 is 1.48 bits per heavy atom. The van der Waals surface area contributed by atoms with Crippen molar-refractivity contribution < 1.29 is 9.47 Å². The van der Waals surface area contributed by atoms with E-state index >= 15 is 0 Å². The molecule has 0 saturated heterocycles. The molecule has 2 heterocycles. The van der Waals surface area contributed by atoms with Crippen LogP contribution in [0.1, 0.15) is 36.1 Å². The zero-order valence-corrected chi connectivity index (χ0v) is 29.3. The molecule has 1 aromatic heterocycles. The van der Waals surface area contributed by atoms with Gasteiger partial charge >= 0.3 is 0 Å². The fraction of sp³-hybridized carbons (Fsp3) is 0.109. The lowest BCUT2D eigenvalue weighted by Gasteiger charge is -2.44. The molecule has 0 radical (unpaired) electrons. The van der Waals surface area contributed by atoms with E-state index in [2.05, 4.69) is 148 Å². The molecule has 1 aliphatic heterocycles. The van der Waals surface area contributed by atoms with Crippen LogP contribution < -0.4 is 19.8 Å². The number of hydrogen-bond donors (Lipinski definition) is 1. The van der Waals surface area contributed by atoms with Gasteiger partial charge in [0.15, 0.2) is 5.66 Å². The maximum Gasteiger partial charge on any atom is 0.190 e. The average molecular weight is 681 g/mol. The maximum absolute atomic E-state index is 6.50. The Morgan fingerprint density at radius 1 is 0.519 bits per heavy atom. The quantitative estimate of drug-likeness (QED) is 0.147. The van der Waals surface area contributed by atoms with Crippen molar-refractivity contribution in [1.29, 1.82) is 0 Å². The van der Waals surface area contributed by atoms with E-state index < -0.39 is 5.66 Å². The summed E-state index contributed by atoms with van der Waals surface area (Å²) in [6.07, 6.45) is 1.95. The van der Waals surface area contributed by atoms with Gasteiger partial charge in [-0.25, -0.2) is 14.7 Å². The summed E-state index contributed by atoms with van der Waals surface area (Å²) in [5.74, 6) is 1.53. The van der Waals surface area contributed by atoms with E-state index in [1.54, 1.807) is 0 Å². The standard InChI is InChI=1S/C46H40N4O2/c1-3-51-40-31-19-17-29-38(40)46(39-30-18-20-32-41(39)52-4-2)48-43(35-23-11-6-12-24-35)45(37-27-15-8-16-28-37)50(46)49-33-47-42(34-21-9-5-10-22-34)44(49)36-25-13-7-14-26-36/h5-33,48H,3-4H2,1-2H3. The first-order valence-electron chi connectivity index (χ1n) is 17.8. The van der Waals surface area contributed by atoms with E-state index in [-0.39, 0.29) is 0 Å². The minimum absolute atomic E-state index is 0.503. The zero-order valence-electron chi connectivity index (χ0n) is 29.3. The number of hydrogen-bond acceptors (Lipinski definition) is 5. The van der Waals surface area contributed by atoms with Gasteiger partial charge in [0.1, 0.15) is 17.8 Å². The molecule has 0 unspecified atom stereocenters. The molecule has 0 fully saturated rings. The summed E-state index contributed by atoms with van der Waals surface area (Å²) >= 11 is 0. The van der Waals surface area contributed by atoms with Crippen molar-refractivity contribution in [3.05, 3.63) is 198 Å². The van der Waals surface area contributed by atoms with Crippen molar-refractivity contribution in [1.82, 2.24) is 15.0 Å². The fourth-order valence-electron chi connectivity index (χ4n) is 7.28. The van der Waals surface area contributed by atoms with Gasteiger partial charge < -0.3 is 14.8 Å². The van der Waals surface area contributed by atoms with E-state index in [1.807, 2.05) is 56.6 Å². The van der Waals surface area contributed by atoms with Crippen molar-refractivity contribution in [3.8, 4) is 34.0 Å². The van der Waals surface area contributed by atoms with E-state index in [1.165, 1.54) is 0 Å². The van der Waals surface area contributed by atoms with E-state index in [4.69, 9.17) is 14.5 Å². The molecular weight excluding hydrogens is 641 g/mol. The van der Waals surface area contributed by atoms with Crippen LogP contribution in [0.3, 0.4) is 0 Å². The van der Waals surface area contributed by atoms with Crippen LogP contribution in [-0.2, 0) is 5.66 Å². The fourth-order valence-corrected chi connectivity index (χ4v) is 7.28. The first-order valence-corrected chi connectivity index (χ1v) is 17.8. The molecule has 7 aromatic rings. The number of para-hydroxylation sites is 2. The molecule has 52 heavy (non-hydrogen) atoms. The largest absolute Gasteiger partial charge is 0.493 e. The summed E-state index contributed by atoms with van der Waals surface area (Å²) in [6, 6.07) is 58.6. The molecule has 1 N–H and O–H groups in total. The number of nitrogens with zero attached hydrogens (tertiary/aromatic N) is 3. The second kappa shape index (κ2) is 14.4. The van der Waals surface area contributed by atoms with Crippen molar-refractivity contribution in [2.75, 3.05) is 18.2 Å². The third-order valence-electron chi connectivity index (χ3n) is 9.39. The summed E-state index contributed by atoms with van der Waals surface area (Å²) in [6.45, 7) is 5.05. The van der Waals surface area contributed by atoms with E-state index in [9.17, 15) is 0 Å². The molecule has 0 amide bonds. The van der Waals surface area contributed by atoms with Gasteiger partial charge in [0, 0.05) is 27.8 Å². The van der Waals surface area contributed by atoms with Gasteiger partial charge in [-0.05, 0) is 31.5 Å². The maximum atomic E-state index is 6.50. The molecule has 1 aliphatic rings. The van der Waals surface area contributed by atoms with E-state index in [0.29, 0.717) is 13.2 Å². The van der Waals surface area contributed by atoms with Gasteiger partial charge in [-0.15, -0.1) is 0 Å². The molecule has 0 aliphatic carbocycles. The average Bonchev–Trinajstić information content (AvgIpc) is 3.81. The van der Waals surface area contributed by atoms with Crippen LogP contribution in [0, 0.1) is 0 Å². The number of ether oxygens (including phenoxy) is 2. The highest BCUT2D eigenvalue weighted by Crippen LogP contribution is 2.52. The predicted molar refractivity (Wildman–Crippen MR) is 210 cm³/mol. The summed E-state index contributed by atoms with van der Waals surface area (Å²) in [5.41, 5.74) is 8.63. The summed E-state index contributed by atoms with van der Waals surface area (Å²) < 4.78 is 15.2. The van der Waals surface area contributed by atoms with Crippen molar-refractivity contribution >= 4 is 11.4 Å². The highest BCUT2D eigenvalue weighted by molar-refractivity contribution is 5.99. The highest BCUT2D eigenvalue weighted by atomic mass is 16.5.